The van der Waals surface area contributed by atoms with Gasteiger partial charge in [0.2, 0.25) is 0 Å². The Morgan fingerprint density at radius 1 is 1.47 bits per heavy atom. The minimum atomic E-state index is -0.551. The summed E-state index contributed by atoms with van der Waals surface area (Å²) in [7, 11) is 3.79. The van der Waals surface area contributed by atoms with Crippen LogP contribution in [0.15, 0.2) is 18.3 Å². The zero-order valence-corrected chi connectivity index (χ0v) is 12.1. The molecule has 0 bridgehead atoms. The fraction of sp³-hybridized carbons (Fsp3) is 0.500. The fourth-order valence-electron chi connectivity index (χ4n) is 1.47. The van der Waals surface area contributed by atoms with Crippen molar-refractivity contribution < 1.29 is 4.79 Å². The van der Waals surface area contributed by atoms with Crippen molar-refractivity contribution >= 4 is 11.6 Å². The second kappa shape index (κ2) is 5.70. The van der Waals surface area contributed by atoms with E-state index in [2.05, 4.69) is 16.4 Å². The van der Waals surface area contributed by atoms with Crippen LogP contribution in [-0.4, -0.2) is 31.0 Å². The molecule has 5 nitrogen and oxygen atoms in total. The molecule has 1 heterocycles. The lowest BCUT2D eigenvalue weighted by Crippen LogP contribution is -2.42. The Morgan fingerprint density at radius 3 is 2.58 bits per heavy atom. The molecule has 0 aliphatic carbocycles. The molecule has 1 aromatic rings. The standard InChI is InChI=1S/C14H20N4O/c1-14(2,3)12(9-15)17-13(19)11-8-10(18(4)5)6-7-16-11/h6-8,12H,1-5H3,(H,17,19). The van der Waals surface area contributed by atoms with Crippen LogP contribution in [0.5, 0.6) is 0 Å². The van der Waals surface area contributed by atoms with Crippen LogP contribution >= 0.6 is 0 Å². The Kier molecular flexibility index (Phi) is 4.49. The van der Waals surface area contributed by atoms with Gasteiger partial charge in [0.05, 0.1) is 6.07 Å². The molecule has 0 fully saturated rings. The van der Waals surface area contributed by atoms with E-state index in [1.54, 1.807) is 12.3 Å². The summed E-state index contributed by atoms with van der Waals surface area (Å²) in [4.78, 5) is 18.0. The monoisotopic (exact) mass is 260 g/mol. The third-order valence-electron chi connectivity index (χ3n) is 2.76. The maximum absolute atomic E-state index is 12.1. The van der Waals surface area contributed by atoms with Crippen molar-refractivity contribution in [2.75, 3.05) is 19.0 Å². The molecule has 1 atom stereocenters. The summed E-state index contributed by atoms with van der Waals surface area (Å²) < 4.78 is 0. The summed E-state index contributed by atoms with van der Waals surface area (Å²) in [6, 6.07) is 5.08. The van der Waals surface area contributed by atoms with E-state index in [0.717, 1.165) is 5.69 Å². The van der Waals surface area contributed by atoms with Crippen LogP contribution in [0, 0.1) is 16.7 Å². The molecule has 19 heavy (non-hydrogen) atoms. The maximum atomic E-state index is 12.1. The minimum Gasteiger partial charge on any atom is -0.378 e. The second-order valence-electron chi connectivity index (χ2n) is 5.70. The number of pyridine rings is 1. The number of hydrogen-bond acceptors (Lipinski definition) is 4. The Hall–Kier alpha value is -2.09. The molecule has 0 saturated heterocycles. The predicted molar refractivity (Wildman–Crippen MR) is 74.9 cm³/mol. The van der Waals surface area contributed by atoms with Gasteiger partial charge in [-0.2, -0.15) is 5.26 Å². The predicted octanol–water partition coefficient (Wildman–Crippen LogP) is 1.82. The summed E-state index contributed by atoms with van der Waals surface area (Å²) in [6.45, 7) is 5.72. The maximum Gasteiger partial charge on any atom is 0.271 e. The van der Waals surface area contributed by atoms with Gasteiger partial charge in [-0.1, -0.05) is 20.8 Å². The topological polar surface area (TPSA) is 69.0 Å². The first-order valence-electron chi connectivity index (χ1n) is 6.09. The highest BCUT2D eigenvalue weighted by molar-refractivity contribution is 5.93. The van der Waals surface area contributed by atoms with Crippen molar-refractivity contribution in [3.63, 3.8) is 0 Å². The smallest absolute Gasteiger partial charge is 0.271 e. The lowest BCUT2D eigenvalue weighted by molar-refractivity contribution is 0.0917. The first kappa shape index (κ1) is 15.0. The van der Waals surface area contributed by atoms with Crippen molar-refractivity contribution in [2.45, 2.75) is 26.8 Å². The van der Waals surface area contributed by atoms with Crippen molar-refractivity contribution in [3.05, 3.63) is 24.0 Å². The van der Waals surface area contributed by atoms with E-state index >= 15 is 0 Å². The van der Waals surface area contributed by atoms with Gasteiger partial charge in [-0.05, 0) is 17.5 Å². The zero-order valence-electron chi connectivity index (χ0n) is 12.1. The molecule has 0 spiro atoms. The van der Waals surface area contributed by atoms with Gasteiger partial charge in [0, 0.05) is 26.0 Å². The van der Waals surface area contributed by atoms with Gasteiger partial charge < -0.3 is 10.2 Å². The van der Waals surface area contributed by atoms with E-state index in [4.69, 9.17) is 5.26 Å². The van der Waals surface area contributed by atoms with Gasteiger partial charge in [0.15, 0.2) is 0 Å². The number of hydrogen-bond donors (Lipinski definition) is 1. The third-order valence-corrected chi connectivity index (χ3v) is 2.76. The van der Waals surface area contributed by atoms with E-state index < -0.39 is 6.04 Å². The average Bonchev–Trinajstić information content (AvgIpc) is 2.34. The highest BCUT2D eigenvalue weighted by Crippen LogP contribution is 2.19. The SMILES string of the molecule is CN(C)c1ccnc(C(=O)NC(C#N)C(C)(C)C)c1. The molecule has 0 aliphatic rings. The summed E-state index contributed by atoms with van der Waals surface area (Å²) in [5, 5.41) is 11.8. The summed E-state index contributed by atoms with van der Waals surface area (Å²) >= 11 is 0. The molecule has 1 amide bonds. The van der Waals surface area contributed by atoms with Gasteiger partial charge in [-0.15, -0.1) is 0 Å². The van der Waals surface area contributed by atoms with Crippen LogP contribution in [0.4, 0.5) is 5.69 Å². The number of nitrogens with one attached hydrogen (secondary N) is 1. The Bertz CT molecular complexity index is 497. The fourth-order valence-corrected chi connectivity index (χ4v) is 1.47. The molecule has 0 radical (unpaired) electrons. The van der Waals surface area contributed by atoms with Crippen LogP contribution in [0.1, 0.15) is 31.3 Å². The molecular weight excluding hydrogens is 240 g/mol. The first-order chi connectivity index (χ1) is 8.75. The molecule has 5 heteroatoms. The van der Waals surface area contributed by atoms with E-state index in [-0.39, 0.29) is 11.3 Å². The van der Waals surface area contributed by atoms with Crippen molar-refractivity contribution in [1.82, 2.24) is 10.3 Å². The number of carbonyl (C=O) groups is 1. The summed E-state index contributed by atoms with van der Waals surface area (Å²) in [5.74, 6) is -0.329. The molecule has 0 saturated carbocycles. The molecule has 1 N–H and O–H groups in total. The normalized spacial score (nSPS) is 12.4. The molecule has 1 rings (SSSR count). The van der Waals surface area contributed by atoms with Crippen LogP contribution in [0.3, 0.4) is 0 Å². The van der Waals surface area contributed by atoms with E-state index in [1.807, 2.05) is 45.8 Å². The van der Waals surface area contributed by atoms with Crippen LogP contribution in [-0.2, 0) is 0 Å². The van der Waals surface area contributed by atoms with E-state index in [0.29, 0.717) is 5.69 Å². The van der Waals surface area contributed by atoms with Crippen molar-refractivity contribution in [1.29, 1.82) is 5.26 Å². The number of aromatic nitrogens is 1. The molecule has 0 aliphatic heterocycles. The van der Waals surface area contributed by atoms with Gasteiger partial charge >= 0.3 is 0 Å². The lowest BCUT2D eigenvalue weighted by Gasteiger charge is -2.25. The minimum absolute atomic E-state index is 0.315. The first-order valence-corrected chi connectivity index (χ1v) is 6.09. The number of carbonyl (C=O) groups excluding carboxylic acids is 1. The van der Waals surface area contributed by atoms with Crippen molar-refractivity contribution in [2.24, 2.45) is 5.41 Å². The average molecular weight is 260 g/mol. The Labute approximate surface area is 114 Å². The summed E-state index contributed by atoms with van der Waals surface area (Å²) in [6.07, 6.45) is 1.59. The van der Waals surface area contributed by atoms with Gasteiger partial charge in [0.25, 0.3) is 5.91 Å². The molecule has 1 unspecified atom stereocenters. The third kappa shape index (κ3) is 3.95. The molecule has 102 valence electrons. The highest BCUT2D eigenvalue weighted by Gasteiger charge is 2.26. The number of anilines is 1. The molecule has 1 aromatic heterocycles. The lowest BCUT2D eigenvalue weighted by atomic mass is 9.87. The largest absolute Gasteiger partial charge is 0.378 e. The van der Waals surface area contributed by atoms with Gasteiger partial charge in [-0.3, -0.25) is 9.78 Å². The quantitative estimate of drug-likeness (QED) is 0.900. The van der Waals surface area contributed by atoms with Gasteiger partial charge in [-0.25, -0.2) is 0 Å². The van der Waals surface area contributed by atoms with E-state index in [9.17, 15) is 4.79 Å². The highest BCUT2D eigenvalue weighted by atomic mass is 16.1. The molecular formula is C14H20N4O. The van der Waals surface area contributed by atoms with Crippen LogP contribution in [0.2, 0.25) is 0 Å². The number of nitrogens with zero attached hydrogens (tertiary/aromatic N) is 3. The van der Waals surface area contributed by atoms with Gasteiger partial charge in [0.1, 0.15) is 11.7 Å². The Balaban J connectivity index is 2.90. The van der Waals surface area contributed by atoms with Crippen LogP contribution < -0.4 is 10.2 Å². The number of rotatable bonds is 3. The Morgan fingerprint density at radius 2 is 2.11 bits per heavy atom. The van der Waals surface area contributed by atoms with E-state index in [1.165, 1.54) is 0 Å². The zero-order chi connectivity index (χ0) is 14.6. The molecule has 0 aromatic carbocycles. The summed E-state index contributed by atoms with van der Waals surface area (Å²) in [5.41, 5.74) is 0.893. The number of amides is 1. The second-order valence-corrected chi connectivity index (χ2v) is 5.70. The number of nitriles is 1. The van der Waals surface area contributed by atoms with Crippen LogP contribution in [0.25, 0.3) is 0 Å². The van der Waals surface area contributed by atoms with Crippen molar-refractivity contribution in [3.8, 4) is 6.07 Å².